The average molecular weight is 516 g/mol. The summed E-state index contributed by atoms with van der Waals surface area (Å²) in [6.07, 6.45) is 0. The van der Waals surface area contributed by atoms with Crippen LogP contribution in [0.2, 0.25) is 13.1 Å². The van der Waals surface area contributed by atoms with Gasteiger partial charge in [-0.15, -0.1) is 0 Å². The lowest BCUT2D eigenvalue weighted by atomic mass is 10.4. The van der Waals surface area contributed by atoms with Gasteiger partial charge in [0.1, 0.15) is 1.23 Å². The van der Waals surface area contributed by atoms with Crippen molar-refractivity contribution >= 4 is 40.8 Å². The highest BCUT2D eigenvalue weighted by Gasteiger charge is 2.56. The number of rotatable bonds is 13. The Morgan fingerprint density at radius 2 is 1.35 bits per heavy atom. The quantitative estimate of drug-likeness (QED) is 0.368. The summed E-state index contributed by atoms with van der Waals surface area (Å²) in [6.45, 7) is 7.54. The fourth-order valence-corrected chi connectivity index (χ4v) is 13.3. The van der Waals surface area contributed by atoms with Crippen molar-refractivity contribution in [3.63, 3.8) is 0 Å². The zero-order valence-electron chi connectivity index (χ0n) is 17.9. The molecule has 0 aromatic heterocycles. The van der Waals surface area contributed by atoms with Crippen LogP contribution in [0.3, 0.4) is 0 Å². The van der Waals surface area contributed by atoms with E-state index in [2.05, 4.69) is 6.58 Å². The van der Waals surface area contributed by atoms with Crippen LogP contribution >= 0.6 is 0 Å². The highest BCUT2D eigenvalue weighted by molar-refractivity contribution is 6.90. The standard InChI is InChI=1S/C15H30O8Si4.4CH4/c1-9-26(19-5,21-24(16-2)17-3)23-27(20-6,22-25(7,8)18-4)15-13-11-10-12-14-15;;;;/h9-14,24H,1H2,2-8H3;4*1H4/i24D;;;;. The molecule has 0 spiro atoms. The third-order valence-electron chi connectivity index (χ3n) is 3.64. The van der Waals surface area contributed by atoms with Crippen molar-refractivity contribution < 1.29 is 34.5 Å². The maximum atomic E-state index is 8.28. The lowest BCUT2D eigenvalue weighted by molar-refractivity contribution is 0.106. The zero-order chi connectivity index (χ0) is 21.5. The molecular weight excluding hydrogens is 469 g/mol. The Morgan fingerprint density at radius 3 is 1.71 bits per heavy atom. The highest BCUT2D eigenvalue weighted by atomic mass is 28.5. The maximum absolute atomic E-state index is 8.28. The number of hydrogen-bond donors (Lipinski definition) is 0. The molecule has 12 heteroatoms. The fraction of sp³-hybridized carbons (Fsp3) is 0.579. The van der Waals surface area contributed by atoms with Gasteiger partial charge in [0.05, 0.1) is 0 Å². The number of benzene rings is 1. The zero-order valence-corrected chi connectivity index (χ0v) is 20.9. The molecule has 0 bridgehead atoms. The van der Waals surface area contributed by atoms with Crippen molar-refractivity contribution in [1.82, 2.24) is 0 Å². The molecular formula is C19H46O8Si4. The molecule has 0 heterocycles. The van der Waals surface area contributed by atoms with E-state index in [0.29, 0.717) is 5.19 Å². The topological polar surface area (TPSA) is 73.8 Å². The average Bonchev–Trinajstić information content (AvgIpc) is 2.73. The molecule has 1 rings (SSSR count). The van der Waals surface area contributed by atoms with E-state index < -0.39 is 35.6 Å². The summed E-state index contributed by atoms with van der Waals surface area (Å²) in [4.78, 5) is 0. The van der Waals surface area contributed by atoms with E-state index in [1.54, 1.807) is 7.11 Å². The van der Waals surface area contributed by atoms with Gasteiger partial charge in [-0.25, -0.2) is 0 Å². The lowest BCUT2D eigenvalue weighted by Crippen LogP contribution is -2.68. The van der Waals surface area contributed by atoms with E-state index in [9.17, 15) is 0 Å². The van der Waals surface area contributed by atoms with Crippen LogP contribution < -0.4 is 5.19 Å². The van der Waals surface area contributed by atoms with Gasteiger partial charge in [-0.1, -0.05) is 66.6 Å². The second kappa shape index (κ2) is 17.0. The molecule has 2 unspecified atom stereocenters. The van der Waals surface area contributed by atoms with Gasteiger partial charge in [0.25, 0.3) is 0 Å². The Kier molecular flexibility index (Phi) is 19.3. The van der Waals surface area contributed by atoms with Crippen LogP contribution in [-0.4, -0.2) is 72.4 Å². The van der Waals surface area contributed by atoms with Crippen LogP contribution in [0.25, 0.3) is 0 Å². The van der Waals surface area contributed by atoms with Crippen molar-refractivity contribution in [2.24, 2.45) is 0 Å². The maximum Gasteiger partial charge on any atom is 0.520 e. The van der Waals surface area contributed by atoms with Crippen molar-refractivity contribution in [3.05, 3.63) is 42.6 Å². The summed E-state index contributed by atoms with van der Waals surface area (Å²) in [5.41, 5.74) is 1.40. The highest BCUT2D eigenvalue weighted by Crippen LogP contribution is 2.24. The van der Waals surface area contributed by atoms with Crippen molar-refractivity contribution in [1.29, 1.82) is 1.23 Å². The summed E-state index contributed by atoms with van der Waals surface area (Å²) in [5, 5.41) is 0.696. The van der Waals surface area contributed by atoms with Gasteiger partial charge in [0, 0.05) is 40.7 Å². The van der Waals surface area contributed by atoms with Crippen LogP contribution in [0.5, 0.6) is 0 Å². The Hall–Kier alpha value is -0.492. The molecule has 0 aliphatic rings. The molecule has 0 N–H and O–H groups in total. The van der Waals surface area contributed by atoms with Crippen LogP contribution in [-0.2, 0) is 34.5 Å². The van der Waals surface area contributed by atoms with Gasteiger partial charge < -0.3 is 34.5 Å². The minimum absolute atomic E-state index is 0. The predicted octanol–water partition coefficient (Wildman–Crippen LogP) is 3.74. The first-order chi connectivity index (χ1) is 13.1. The molecule has 0 radical (unpaired) electrons. The van der Waals surface area contributed by atoms with E-state index in [-0.39, 0.29) is 29.7 Å². The largest absolute Gasteiger partial charge is 0.520 e. The molecule has 0 fully saturated rings. The smallest absolute Gasteiger partial charge is 0.398 e. The van der Waals surface area contributed by atoms with Crippen LogP contribution in [0.4, 0.5) is 0 Å². The summed E-state index contributed by atoms with van der Waals surface area (Å²) in [7, 11) is -6.56. The normalized spacial score (nSPS) is 15.4. The monoisotopic (exact) mass is 515 g/mol. The van der Waals surface area contributed by atoms with Gasteiger partial charge in [-0.3, -0.25) is 0 Å². The molecule has 0 aliphatic heterocycles. The minimum Gasteiger partial charge on any atom is -0.398 e. The predicted molar refractivity (Wildman–Crippen MR) is 138 cm³/mol. The molecule has 8 nitrogen and oxygen atoms in total. The molecule has 0 aliphatic carbocycles. The van der Waals surface area contributed by atoms with Crippen molar-refractivity contribution in [3.8, 4) is 0 Å². The Balaban J connectivity index is -0.000000980. The van der Waals surface area contributed by atoms with Crippen molar-refractivity contribution in [2.75, 3.05) is 35.5 Å². The lowest BCUT2D eigenvalue weighted by Gasteiger charge is -2.39. The summed E-state index contributed by atoms with van der Waals surface area (Å²) >= 11 is 0. The Labute approximate surface area is 197 Å². The molecule has 31 heavy (non-hydrogen) atoms. The summed E-state index contributed by atoms with van der Waals surface area (Å²) < 4.78 is 54.1. The van der Waals surface area contributed by atoms with Crippen LogP contribution in [0, 0.1) is 0 Å². The Morgan fingerprint density at radius 1 is 0.839 bits per heavy atom. The van der Waals surface area contributed by atoms with Crippen LogP contribution in [0.1, 0.15) is 29.7 Å². The second-order valence-electron chi connectivity index (χ2n) is 5.71. The van der Waals surface area contributed by atoms with Crippen molar-refractivity contribution in [2.45, 2.75) is 42.8 Å². The molecule has 2 atom stereocenters. The second-order valence-corrected chi connectivity index (χ2v) is 16.8. The van der Waals surface area contributed by atoms with Gasteiger partial charge in [-0.2, -0.15) is 0 Å². The van der Waals surface area contributed by atoms with E-state index in [0.717, 1.165) is 0 Å². The molecule has 0 saturated carbocycles. The number of hydrogen-bond acceptors (Lipinski definition) is 8. The van der Waals surface area contributed by atoms with E-state index in [1.165, 1.54) is 34.1 Å². The summed E-state index contributed by atoms with van der Waals surface area (Å²) in [6, 6.07) is 9.25. The minimum atomic E-state index is -3.77. The van der Waals surface area contributed by atoms with E-state index in [4.69, 9.17) is 35.7 Å². The van der Waals surface area contributed by atoms with Crippen LogP contribution in [0.15, 0.2) is 42.6 Å². The van der Waals surface area contributed by atoms with Gasteiger partial charge >= 0.3 is 35.6 Å². The third-order valence-corrected chi connectivity index (χ3v) is 15.0. The van der Waals surface area contributed by atoms with Gasteiger partial charge in [0.2, 0.25) is 0 Å². The fourth-order valence-electron chi connectivity index (χ4n) is 2.09. The first kappa shape index (κ1) is 35.1. The molecule has 1 aromatic carbocycles. The SMILES string of the molecule is C.C.C.C.[2H][Si](OC)(OC)O[Si](C=C)(OC)O[Si](OC)(O[Si](C)(C)OC)c1ccccc1. The molecule has 0 saturated heterocycles. The Bertz CT molecular complexity index is 625. The third kappa shape index (κ3) is 10.3. The van der Waals surface area contributed by atoms with E-state index in [1.807, 2.05) is 43.4 Å². The van der Waals surface area contributed by atoms with E-state index >= 15 is 0 Å². The molecule has 1 aromatic rings. The van der Waals surface area contributed by atoms with Gasteiger partial charge in [0.15, 0.2) is 0 Å². The first-order valence-corrected chi connectivity index (χ1v) is 15.7. The summed E-state index contributed by atoms with van der Waals surface area (Å²) in [5.74, 6) is 0. The first-order valence-electron chi connectivity index (χ1n) is 8.64. The van der Waals surface area contributed by atoms with Gasteiger partial charge in [-0.05, 0) is 18.8 Å². The molecule has 0 amide bonds. The molecule has 186 valence electrons.